The Balaban J connectivity index is 1.95. The third-order valence-corrected chi connectivity index (χ3v) is 4.04. The molecule has 2 aliphatic rings. The smallest absolute Gasteiger partial charge is 0.275 e. The fourth-order valence-electron chi connectivity index (χ4n) is 3.04. The van der Waals surface area contributed by atoms with Gasteiger partial charge in [-0.1, -0.05) is 0 Å². The quantitative estimate of drug-likeness (QED) is 0.431. The molecule has 1 aromatic heterocycles. The second kappa shape index (κ2) is 5.26. The predicted octanol–water partition coefficient (Wildman–Crippen LogP) is -2.00. The summed E-state index contributed by atoms with van der Waals surface area (Å²) in [4.78, 5) is 18.4. The zero-order valence-corrected chi connectivity index (χ0v) is 11.4. The summed E-state index contributed by atoms with van der Waals surface area (Å²) >= 11 is 0. The van der Waals surface area contributed by atoms with Gasteiger partial charge in [0.2, 0.25) is 5.95 Å². The zero-order chi connectivity index (χ0) is 15.1. The predicted molar refractivity (Wildman–Crippen MR) is 73.1 cm³/mol. The highest BCUT2D eigenvalue weighted by Gasteiger charge is 2.49. The molecule has 21 heavy (non-hydrogen) atoms. The summed E-state index contributed by atoms with van der Waals surface area (Å²) in [5, 5.41) is 22.3. The lowest BCUT2D eigenvalue weighted by Crippen LogP contribution is -2.38. The summed E-state index contributed by atoms with van der Waals surface area (Å²) in [6.45, 7) is 0.111. The SMILES string of the molecule is COC1C(O)[C@@H](CO)O[C@H]1C1CNc2c1nc(N)[nH]c2=O. The van der Waals surface area contributed by atoms with E-state index in [-0.39, 0.29) is 24.0 Å². The minimum atomic E-state index is -0.937. The van der Waals surface area contributed by atoms with Crippen LogP contribution in [0, 0.1) is 0 Å². The number of fused-ring (bicyclic) bond motifs is 1. The van der Waals surface area contributed by atoms with Crippen LogP contribution in [0.1, 0.15) is 11.6 Å². The molecule has 3 heterocycles. The van der Waals surface area contributed by atoms with Gasteiger partial charge in [-0.2, -0.15) is 0 Å². The third kappa shape index (κ3) is 2.18. The van der Waals surface area contributed by atoms with E-state index >= 15 is 0 Å². The number of anilines is 2. The number of methoxy groups -OCH3 is 1. The van der Waals surface area contributed by atoms with Gasteiger partial charge in [-0.3, -0.25) is 9.78 Å². The van der Waals surface area contributed by atoms with Crippen LogP contribution in [0.15, 0.2) is 4.79 Å². The highest BCUT2D eigenvalue weighted by molar-refractivity contribution is 5.55. The molecular formula is C12H18N4O5. The Morgan fingerprint density at radius 3 is 3.00 bits per heavy atom. The van der Waals surface area contributed by atoms with Gasteiger partial charge in [-0.15, -0.1) is 0 Å². The van der Waals surface area contributed by atoms with E-state index in [0.717, 1.165) is 0 Å². The Kier molecular flexibility index (Phi) is 3.57. The maximum Gasteiger partial charge on any atom is 0.275 e. The van der Waals surface area contributed by atoms with Crippen molar-refractivity contribution in [1.29, 1.82) is 0 Å². The average Bonchev–Trinajstić information content (AvgIpc) is 2.99. The van der Waals surface area contributed by atoms with E-state index in [1.807, 2.05) is 0 Å². The molecule has 5 atom stereocenters. The number of H-pyrrole nitrogens is 1. The molecule has 2 aliphatic heterocycles. The summed E-state index contributed by atoms with van der Waals surface area (Å²) in [5.74, 6) is -0.264. The molecule has 1 fully saturated rings. The number of rotatable bonds is 3. The molecule has 0 aromatic carbocycles. The van der Waals surface area contributed by atoms with Crippen molar-refractivity contribution < 1.29 is 19.7 Å². The van der Waals surface area contributed by atoms with E-state index in [1.165, 1.54) is 7.11 Å². The molecule has 116 valence electrons. The Bertz CT molecular complexity index is 592. The fourth-order valence-corrected chi connectivity index (χ4v) is 3.04. The number of aromatic nitrogens is 2. The Hall–Kier alpha value is -1.68. The first-order valence-corrected chi connectivity index (χ1v) is 6.67. The first kappa shape index (κ1) is 14.3. The van der Waals surface area contributed by atoms with Crippen LogP contribution in [-0.4, -0.2) is 64.9 Å². The van der Waals surface area contributed by atoms with E-state index in [1.54, 1.807) is 0 Å². The molecule has 9 heteroatoms. The molecule has 0 amide bonds. The number of hydrogen-bond acceptors (Lipinski definition) is 8. The highest BCUT2D eigenvalue weighted by atomic mass is 16.6. The summed E-state index contributed by atoms with van der Waals surface area (Å²) in [6.07, 6.45) is -2.79. The minimum absolute atomic E-state index is 0.0265. The maximum atomic E-state index is 11.8. The number of hydrogen-bond donors (Lipinski definition) is 5. The fraction of sp³-hybridized carbons (Fsp3) is 0.667. The van der Waals surface area contributed by atoms with Crippen molar-refractivity contribution in [3.05, 3.63) is 16.0 Å². The molecule has 1 saturated heterocycles. The number of aliphatic hydroxyl groups is 2. The molecule has 3 rings (SSSR count). The van der Waals surface area contributed by atoms with E-state index in [0.29, 0.717) is 17.9 Å². The van der Waals surface area contributed by atoms with Crippen molar-refractivity contribution in [2.45, 2.75) is 30.3 Å². The third-order valence-electron chi connectivity index (χ3n) is 4.04. The summed E-state index contributed by atoms with van der Waals surface area (Å²) in [5.41, 5.74) is 6.09. The Labute approximate surface area is 120 Å². The molecule has 0 radical (unpaired) electrons. The van der Waals surface area contributed by atoms with Crippen LogP contribution in [0.3, 0.4) is 0 Å². The van der Waals surface area contributed by atoms with Crippen LogP contribution in [0.5, 0.6) is 0 Å². The van der Waals surface area contributed by atoms with E-state index in [4.69, 9.17) is 15.2 Å². The van der Waals surface area contributed by atoms with Gasteiger partial charge in [0.15, 0.2) is 0 Å². The van der Waals surface area contributed by atoms with Crippen molar-refractivity contribution in [3.8, 4) is 0 Å². The van der Waals surface area contributed by atoms with E-state index in [9.17, 15) is 15.0 Å². The molecule has 3 unspecified atom stereocenters. The van der Waals surface area contributed by atoms with Gasteiger partial charge < -0.3 is 30.7 Å². The van der Waals surface area contributed by atoms with Crippen molar-refractivity contribution in [2.75, 3.05) is 31.3 Å². The second-order valence-corrected chi connectivity index (χ2v) is 5.21. The van der Waals surface area contributed by atoms with E-state index < -0.39 is 24.4 Å². The normalized spacial score (nSPS) is 34.7. The molecule has 0 bridgehead atoms. The zero-order valence-electron chi connectivity index (χ0n) is 11.4. The van der Waals surface area contributed by atoms with Crippen molar-refractivity contribution in [3.63, 3.8) is 0 Å². The monoisotopic (exact) mass is 298 g/mol. The molecule has 1 aromatic rings. The molecule has 0 spiro atoms. The van der Waals surface area contributed by atoms with Gasteiger partial charge in [0.05, 0.1) is 18.4 Å². The van der Waals surface area contributed by atoms with Gasteiger partial charge in [-0.25, -0.2) is 4.98 Å². The number of aromatic amines is 1. The standard InChI is InChI=1S/C12H18N4O5/c1-20-10-8(18)5(3-17)21-9(10)4-2-14-7-6(4)15-12(13)16-11(7)19/h4-5,8-10,14,17-18H,2-3H2,1H3,(H3,13,15,16,19)/t4?,5-,8?,9+,10?/m1/s1. The lowest BCUT2D eigenvalue weighted by atomic mass is 9.94. The lowest BCUT2D eigenvalue weighted by molar-refractivity contribution is -0.0314. The summed E-state index contributed by atoms with van der Waals surface area (Å²) in [7, 11) is 1.47. The maximum absolute atomic E-state index is 11.8. The largest absolute Gasteiger partial charge is 0.394 e. The molecule has 6 N–H and O–H groups in total. The van der Waals surface area contributed by atoms with Crippen LogP contribution in [0.4, 0.5) is 11.6 Å². The first-order valence-electron chi connectivity index (χ1n) is 6.67. The highest BCUT2D eigenvalue weighted by Crippen LogP contribution is 2.38. The van der Waals surface area contributed by atoms with Crippen LogP contribution in [0.25, 0.3) is 0 Å². The average molecular weight is 298 g/mol. The van der Waals surface area contributed by atoms with E-state index in [2.05, 4.69) is 15.3 Å². The van der Waals surface area contributed by atoms with Gasteiger partial charge >= 0.3 is 0 Å². The van der Waals surface area contributed by atoms with Gasteiger partial charge in [0, 0.05) is 19.6 Å². The molecule has 0 saturated carbocycles. The minimum Gasteiger partial charge on any atom is -0.394 e. The van der Waals surface area contributed by atoms with Gasteiger partial charge in [-0.05, 0) is 0 Å². The van der Waals surface area contributed by atoms with Crippen molar-refractivity contribution >= 4 is 11.6 Å². The second-order valence-electron chi connectivity index (χ2n) is 5.21. The van der Waals surface area contributed by atoms with Gasteiger partial charge in [0.1, 0.15) is 24.0 Å². The Morgan fingerprint density at radius 2 is 2.33 bits per heavy atom. The van der Waals surface area contributed by atoms with Crippen molar-refractivity contribution in [2.24, 2.45) is 0 Å². The van der Waals surface area contributed by atoms with Crippen LogP contribution < -0.4 is 16.6 Å². The Morgan fingerprint density at radius 1 is 1.57 bits per heavy atom. The number of nitrogens with one attached hydrogen (secondary N) is 2. The van der Waals surface area contributed by atoms with Crippen LogP contribution in [-0.2, 0) is 9.47 Å². The topological polar surface area (TPSA) is 143 Å². The van der Waals surface area contributed by atoms with Crippen LogP contribution >= 0.6 is 0 Å². The molecule has 0 aliphatic carbocycles. The summed E-state index contributed by atoms with van der Waals surface area (Å²) < 4.78 is 11.0. The molecular weight excluding hydrogens is 280 g/mol. The summed E-state index contributed by atoms with van der Waals surface area (Å²) in [6, 6.07) is 0. The molecule has 9 nitrogen and oxygen atoms in total. The van der Waals surface area contributed by atoms with Gasteiger partial charge in [0.25, 0.3) is 5.56 Å². The number of nitrogens with zero attached hydrogens (tertiary/aromatic N) is 1. The number of aliphatic hydroxyl groups excluding tert-OH is 2. The first-order chi connectivity index (χ1) is 10.1. The van der Waals surface area contributed by atoms with Crippen molar-refractivity contribution in [1.82, 2.24) is 9.97 Å². The number of nitrogen functional groups attached to an aromatic ring is 1. The number of ether oxygens (including phenoxy) is 2. The lowest BCUT2D eigenvalue weighted by Gasteiger charge is -2.23. The van der Waals surface area contributed by atoms with Crippen LogP contribution in [0.2, 0.25) is 0 Å². The number of nitrogens with two attached hydrogens (primary N) is 1.